The molecule has 0 aliphatic carbocycles. The Bertz CT molecular complexity index is 930. The molecule has 0 bridgehead atoms. The monoisotopic (exact) mass is 374 g/mol. The minimum atomic E-state index is -3.52. The molecule has 0 spiro atoms. The number of hydrogen-bond donors (Lipinski definition) is 1. The van der Waals surface area contributed by atoms with Gasteiger partial charge in [-0.05, 0) is 36.4 Å². The summed E-state index contributed by atoms with van der Waals surface area (Å²) in [6.07, 6.45) is 2.26. The number of carbonyl (C=O) groups excluding carboxylic acids is 1. The van der Waals surface area contributed by atoms with Crippen LogP contribution < -0.4 is 10.1 Å². The topological polar surface area (TPSA) is 51.2 Å². The van der Waals surface area contributed by atoms with E-state index in [1.807, 2.05) is 0 Å². The number of fused-ring (bicyclic) bond motifs is 1. The first-order valence-electron chi connectivity index (χ1n) is 8.28. The highest BCUT2D eigenvalue weighted by molar-refractivity contribution is 5.91. The van der Waals surface area contributed by atoms with Gasteiger partial charge >= 0.3 is 5.92 Å². The van der Waals surface area contributed by atoms with Gasteiger partial charge in [-0.3, -0.25) is 9.78 Å². The number of carbonyl (C=O) groups is 1. The highest BCUT2D eigenvalue weighted by Crippen LogP contribution is 2.32. The van der Waals surface area contributed by atoms with Crippen LogP contribution in [0.1, 0.15) is 15.9 Å². The lowest BCUT2D eigenvalue weighted by atomic mass is 10.1. The number of pyridine rings is 1. The van der Waals surface area contributed by atoms with E-state index >= 15 is 0 Å². The molecule has 0 unspecified atom stereocenters. The Morgan fingerprint density at radius 2 is 1.89 bits per heavy atom. The standard InChI is InChI=1S/C20H17F3N2O2/c21-13-20(22,23)15-3-6-17-18(7-8-24-19(17)11-15)25-9-10-27-16-4-1-14(12-26)2-5-16/h1-8,11-12H,9-10,13H2,(H,24,25). The molecule has 0 saturated heterocycles. The van der Waals surface area contributed by atoms with E-state index in [9.17, 15) is 18.0 Å². The summed E-state index contributed by atoms with van der Waals surface area (Å²) in [7, 11) is 0. The molecule has 3 aromatic rings. The van der Waals surface area contributed by atoms with Crippen LogP contribution in [-0.4, -0.2) is 31.1 Å². The van der Waals surface area contributed by atoms with Crippen molar-refractivity contribution in [3.05, 3.63) is 65.9 Å². The first-order valence-corrected chi connectivity index (χ1v) is 8.28. The molecule has 0 saturated carbocycles. The number of halogens is 3. The minimum absolute atomic E-state index is 0.357. The van der Waals surface area contributed by atoms with Crippen molar-refractivity contribution in [1.29, 1.82) is 0 Å². The maximum absolute atomic E-state index is 13.5. The fraction of sp³-hybridized carbons (Fsp3) is 0.200. The number of ether oxygens (including phenoxy) is 1. The number of aldehydes is 1. The molecule has 0 aliphatic heterocycles. The second-order valence-electron chi connectivity index (χ2n) is 5.89. The van der Waals surface area contributed by atoms with Crippen molar-refractivity contribution in [3.63, 3.8) is 0 Å². The fourth-order valence-electron chi connectivity index (χ4n) is 2.60. The molecule has 0 amide bonds. The fourth-order valence-corrected chi connectivity index (χ4v) is 2.60. The molecule has 3 rings (SSSR count). The second kappa shape index (κ2) is 8.07. The lowest BCUT2D eigenvalue weighted by Gasteiger charge is -2.14. The number of nitrogens with zero attached hydrogens (tertiary/aromatic N) is 1. The van der Waals surface area contributed by atoms with Crippen LogP contribution >= 0.6 is 0 Å². The highest BCUT2D eigenvalue weighted by atomic mass is 19.3. The Morgan fingerprint density at radius 3 is 2.59 bits per heavy atom. The van der Waals surface area contributed by atoms with Gasteiger partial charge in [-0.1, -0.05) is 12.1 Å². The molecular weight excluding hydrogens is 357 g/mol. The van der Waals surface area contributed by atoms with Crippen molar-refractivity contribution in [3.8, 4) is 5.75 Å². The summed E-state index contributed by atoms with van der Waals surface area (Å²) in [5.41, 5.74) is 1.25. The van der Waals surface area contributed by atoms with Gasteiger partial charge in [0.05, 0.1) is 5.52 Å². The quantitative estimate of drug-likeness (QED) is 0.463. The van der Waals surface area contributed by atoms with Gasteiger partial charge < -0.3 is 10.1 Å². The van der Waals surface area contributed by atoms with Crippen molar-refractivity contribution in [2.45, 2.75) is 5.92 Å². The van der Waals surface area contributed by atoms with E-state index < -0.39 is 18.2 Å². The lowest BCUT2D eigenvalue weighted by molar-refractivity contribution is -0.0279. The van der Waals surface area contributed by atoms with Crippen LogP contribution in [0.5, 0.6) is 5.75 Å². The maximum atomic E-state index is 13.5. The third-order valence-electron chi connectivity index (χ3n) is 4.04. The molecule has 0 atom stereocenters. The molecule has 1 heterocycles. The summed E-state index contributed by atoms with van der Waals surface area (Å²) in [5, 5.41) is 3.83. The van der Waals surface area contributed by atoms with E-state index in [4.69, 9.17) is 4.74 Å². The lowest BCUT2D eigenvalue weighted by Crippen LogP contribution is -2.16. The maximum Gasteiger partial charge on any atom is 0.301 e. The van der Waals surface area contributed by atoms with Crippen LogP contribution in [0, 0.1) is 0 Å². The van der Waals surface area contributed by atoms with Crippen molar-refractivity contribution in [2.75, 3.05) is 25.1 Å². The Hall–Kier alpha value is -3.09. The Balaban J connectivity index is 1.65. The third kappa shape index (κ3) is 4.36. The summed E-state index contributed by atoms with van der Waals surface area (Å²) in [5.74, 6) is -2.88. The highest BCUT2D eigenvalue weighted by Gasteiger charge is 2.31. The van der Waals surface area contributed by atoms with Crippen molar-refractivity contribution >= 4 is 22.9 Å². The van der Waals surface area contributed by atoms with Gasteiger partial charge in [-0.2, -0.15) is 8.78 Å². The number of hydrogen-bond acceptors (Lipinski definition) is 4. The molecule has 1 aromatic heterocycles. The van der Waals surface area contributed by atoms with Gasteiger partial charge in [0.1, 0.15) is 18.6 Å². The van der Waals surface area contributed by atoms with Crippen LogP contribution in [0.4, 0.5) is 18.9 Å². The molecule has 2 aromatic carbocycles. The smallest absolute Gasteiger partial charge is 0.301 e. The number of aromatic nitrogens is 1. The molecule has 7 heteroatoms. The van der Waals surface area contributed by atoms with Crippen LogP contribution in [-0.2, 0) is 5.92 Å². The van der Waals surface area contributed by atoms with Crippen LogP contribution in [0.3, 0.4) is 0 Å². The molecule has 27 heavy (non-hydrogen) atoms. The molecule has 4 nitrogen and oxygen atoms in total. The number of anilines is 1. The van der Waals surface area contributed by atoms with Gasteiger partial charge in [0, 0.05) is 34.9 Å². The zero-order chi connectivity index (χ0) is 19.3. The number of alkyl halides is 3. The van der Waals surface area contributed by atoms with E-state index in [0.29, 0.717) is 35.4 Å². The number of rotatable bonds is 8. The van der Waals surface area contributed by atoms with E-state index in [0.717, 1.165) is 12.0 Å². The van der Waals surface area contributed by atoms with Crippen LogP contribution in [0.25, 0.3) is 10.9 Å². The second-order valence-corrected chi connectivity index (χ2v) is 5.89. The Kier molecular flexibility index (Phi) is 5.59. The summed E-state index contributed by atoms with van der Waals surface area (Å²) in [6.45, 7) is -0.916. The molecule has 0 aliphatic rings. The van der Waals surface area contributed by atoms with Crippen LogP contribution in [0.15, 0.2) is 54.7 Å². The molecular formula is C20H17F3N2O2. The van der Waals surface area contributed by atoms with E-state index in [1.54, 1.807) is 30.3 Å². The van der Waals surface area contributed by atoms with E-state index in [2.05, 4.69) is 10.3 Å². The first kappa shape index (κ1) is 18.7. The minimum Gasteiger partial charge on any atom is -0.492 e. The molecule has 0 radical (unpaired) electrons. The summed E-state index contributed by atoms with van der Waals surface area (Å²) in [6, 6.07) is 12.4. The summed E-state index contributed by atoms with van der Waals surface area (Å²) >= 11 is 0. The average Bonchev–Trinajstić information content (AvgIpc) is 2.71. The zero-order valence-corrected chi connectivity index (χ0v) is 14.3. The van der Waals surface area contributed by atoms with Crippen molar-refractivity contribution in [1.82, 2.24) is 4.98 Å². The molecule has 140 valence electrons. The van der Waals surface area contributed by atoms with Gasteiger partial charge in [-0.25, -0.2) is 4.39 Å². The predicted molar refractivity (Wildman–Crippen MR) is 97.4 cm³/mol. The zero-order valence-electron chi connectivity index (χ0n) is 14.3. The van der Waals surface area contributed by atoms with Crippen molar-refractivity contribution in [2.24, 2.45) is 0 Å². The van der Waals surface area contributed by atoms with E-state index in [-0.39, 0.29) is 0 Å². The Labute approximate surface area is 154 Å². The van der Waals surface area contributed by atoms with E-state index in [1.165, 1.54) is 24.4 Å². The van der Waals surface area contributed by atoms with Gasteiger partial charge in [-0.15, -0.1) is 0 Å². The normalized spacial score (nSPS) is 11.4. The molecule has 1 N–H and O–H groups in total. The number of benzene rings is 2. The van der Waals surface area contributed by atoms with Gasteiger partial charge in [0.25, 0.3) is 0 Å². The first-order chi connectivity index (χ1) is 13.0. The summed E-state index contributed by atoms with van der Waals surface area (Å²) in [4.78, 5) is 14.7. The van der Waals surface area contributed by atoms with Gasteiger partial charge in [0.15, 0.2) is 6.67 Å². The predicted octanol–water partition coefficient (Wildman–Crippen LogP) is 4.60. The average molecular weight is 374 g/mol. The van der Waals surface area contributed by atoms with Crippen molar-refractivity contribution < 1.29 is 22.7 Å². The third-order valence-corrected chi connectivity index (χ3v) is 4.04. The largest absolute Gasteiger partial charge is 0.492 e. The SMILES string of the molecule is O=Cc1ccc(OCCNc2ccnc3cc(C(F)(F)CF)ccc23)cc1. The molecule has 0 fully saturated rings. The summed E-state index contributed by atoms with van der Waals surface area (Å²) < 4.78 is 45.1. The number of nitrogens with one attached hydrogen (secondary N) is 1. The Morgan fingerprint density at radius 1 is 1.11 bits per heavy atom. The van der Waals surface area contributed by atoms with Crippen LogP contribution in [0.2, 0.25) is 0 Å². The van der Waals surface area contributed by atoms with Gasteiger partial charge in [0.2, 0.25) is 0 Å².